The number of anilines is 1. The quantitative estimate of drug-likeness (QED) is 0.508. The number of nitrogens with one attached hydrogen (secondary N) is 1. The third-order valence-corrected chi connectivity index (χ3v) is 8.09. The van der Waals surface area contributed by atoms with Crippen LogP contribution >= 0.6 is 23.2 Å². The number of piperidine rings is 1. The average molecular weight is 541 g/mol. The molecular formula is C27H30Cl2N6O2. The number of fused-ring (bicyclic) bond motifs is 1. The minimum atomic E-state index is -0.285. The smallest absolute Gasteiger partial charge is 0.240 e. The van der Waals surface area contributed by atoms with Crippen molar-refractivity contribution in [3.8, 4) is 6.07 Å². The van der Waals surface area contributed by atoms with E-state index in [1.165, 1.54) is 0 Å². The normalized spacial score (nSPS) is 21.2. The largest absolute Gasteiger partial charge is 0.394 e. The van der Waals surface area contributed by atoms with E-state index in [0.29, 0.717) is 35.4 Å². The van der Waals surface area contributed by atoms with Gasteiger partial charge in [-0.3, -0.25) is 9.48 Å². The first-order chi connectivity index (χ1) is 17.9. The van der Waals surface area contributed by atoms with E-state index in [1.54, 1.807) is 12.1 Å². The molecule has 2 aliphatic heterocycles. The fourth-order valence-corrected chi connectivity index (χ4v) is 6.04. The highest BCUT2D eigenvalue weighted by Gasteiger charge is 2.34. The fraction of sp³-hybridized carbons (Fsp3) is 0.444. The molecule has 0 radical (unpaired) electrons. The lowest BCUT2D eigenvalue weighted by atomic mass is 10.0. The van der Waals surface area contributed by atoms with Crippen molar-refractivity contribution >= 4 is 45.7 Å². The molecule has 37 heavy (non-hydrogen) atoms. The highest BCUT2D eigenvalue weighted by atomic mass is 35.5. The van der Waals surface area contributed by atoms with Gasteiger partial charge in [0.2, 0.25) is 5.91 Å². The van der Waals surface area contributed by atoms with E-state index in [9.17, 15) is 15.2 Å². The van der Waals surface area contributed by atoms with E-state index in [4.69, 9.17) is 23.2 Å². The van der Waals surface area contributed by atoms with Gasteiger partial charge in [-0.05, 0) is 62.2 Å². The number of aromatic nitrogens is 2. The van der Waals surface area contributed by atoms with Gasteiger partial charge in [0.15, 0.2) is 5.69 Å². The summed E-state index contributed by atoms with van der Waals surface area (Å²) in [6.07, 6.45) is 2.98. The van der Waals surface area contributed by atoms with Gasteiger partial charge in [-0.1, -0.05) is 35.7 Å². The second kappa shape index (κ2) is 10.9. The van der Waals surface area contributed by atoms with Crippen LogP contribution in [0.3, 0.4) is 0 Å². The van der Waals surface area contributed by atoms with Crippen molar-refractivity contribution in [2.45, 2.75) is 44.3 Å². The lowest BCUT2D eigenvalue weighted by molar-refractivity contribution is -0.137. The Labute approximate surface area is 226 Å². The molecule has 2 saturated heterocycles. The van der Waals surface area contributed by atoms with Crippen molar-refractivity contribution in [3.05, 3.63) is 57.7 Å². The summed E-state index contributed by atoms with van der Waals surface area (Å²) in [6.45, 7) is 4.47. The molecule has 8 nitrogen and oxygen atoms in total. The summed E-state index contributed by atoms with van der Waals surface area (Å²) >= 11 is 12.6. The Bertz CT molecular complexity index is 1350. The first kappa shape index (κ1) is 25.8. The highest BCUT2D eigenvalue weighted by molar-refractivity contribution is 6.35. The molecule has 0 saturated carbocycles. The highest BCUT2D eigenvalue weighted by Crippen LogP contribution is 2.33. The predicted molar refractivity (Wildman–Crippen MR) is 145 cm³/mol. The number of aliphatic hydroxyl groups excluding tert-OH is 1. The van der Waals surface area contributed by atoms with Gasteiger partial charge in [-0.15, -0.1) is 0 Å². The maximum absolute atomic E-state index is 13.2. The average Bonchev–Trinajstić information content (AvgIpc) is 3.30. The molecule has 0 bridgehead atoms. The van der Waals surface area contributed by atoms with Crippen LogP contribution in [0, 0.1) is 11.3 Å². The number of rotatable bonds is 5. The number of amides is 1. The molecule has 2 aliphatic rings. The number of hydrogen-bond acceptors (Lipinski definition) is 6. The van der Waals surface area contributed by atoms with E-state index in [2.05, 4.69) is 21.4 Å². The van der Waals surface area contributed by atoms with E-state index >= 15 is 0 Å². The van der Waals surface area contributed by atoms with E-state index in [-0.39, 0.29) is 30.6 Å². The van der Waals surface area contributed by atoms with Gasteiger partial charge in [-0.2, -0.15) is 10.4 Å². The standard InChI is InChI=1S/C27H30Cl2N6O2/c1-17(21-7-5-18(28)12-23(21)29)35-26-13-19(6-8-22(26)25(14-30)32-35)33-10-11-34(20(15-33)16-36)27(37)24-4-2-3-9-31-24/h5-8,12-13,17,20,24,31,36H,2-4,9-11,15-16H2,1H3/t17-,20+,24?/m1/s1. The Morgan fingerprint density at radius 3 is 2.78 bits per heavy atom. The Balaban J connectivity index is 1.43. The van der Waals surface area contributed by atoms with Gasteiger partial charge < -0.3 is 20.2 Å². The fourth-order valence-electron chi connectivity index (χ4n) is 5.47. The van der Waals surface area contributed by atoms with E-state index in [0.717, 1.165) is 48.0 Å². The molecule has 2 fully saturated rings. The zero-order chi connectivity index (χ0) is 26.1. The number of halogens is 2. The molecule has 10 heteroatoms. The molecule has 5 rings (SSSR count). The lowest BCUT2D eigenvalue weighted by Gasteiger charge is -2.43. The van der Waals surface area contributed by atoms with Crippen molar-refractivity contribution in [3.63, 3.8) is 0 Å². The van der Waals surface area contributed by atoms with Crippen LogP contribution in [0.25, 0.3) is 10.9 Å². The summed E-state index contributed by atoms with van der Waals surface area (Å²) in [7, 11) is 0. The lowest BCUT2D eigenvalue weighted by Crippen LogP contribution is -2.60. The molecule has 3 aromatic rings. The zero-order valence-corrected chi connectivity index (χ0v) is 22.2. The van der Waals surface area contributed by atoms with Crippen LogP contribution < -0.4 is 10.2 Å². The second-order valence-corrected chi connectivity index (χ2v) is 10.6. The number of piperazine rings is 1. The summed E-state index contributed by atoms with van der Waals surface area (Å²) in [5, 5.41) is 29.7. The number of benzene rings is 2. The summed E-state index contributed by atoms with van der Waals surface area (Å²) < 4.78 is 1.82. The topological polar surface area (TPSA) is 97.4 Å². The predicted octanol–water partition coefficient (Wildman–Crippen LogP) is 3.98. The van der Waals surface area contributed by atoms with E-state index < -0.39 is 0 Å². The van der Waals surface area contributed by atoms with Gasteiger partial charge in [-0.25, -0.2) is 0 Å². The van der Waals surface area contributed by atoms with Gasteiger partial charge in [0, 0.05) is 40.8 Å². The molecule has 3 atom stereocenters. The van der Waals surface area contributed by atoms with Crippen molar-refractivity contribution in [2.24, 2.45) is 0 Å². The van der Waals surface area contributed by atoms with Gasteiger partial charge in [0.1, 0.15) is 6.07 Å². The third-order valence-electron chi connectivity index (χ3n) is 7.53. The molecule has 0 spiro atoms. The third kappa shape index (κ3) is 5.01. The second-order valence-electron chi connectivity index (χ2n) is 9.76. The number of carbonyl (C=O) groups is 1. The Kier molecular flexibility index (Phi) is 7.59. The van der Waals surface area contributed by atoms with Crippen LogP contribution in [0.5, 0.6) is 0 Å². The summed E-state index contributed by atoms with van der Waals surface area (Å²) in [4.78, 5) is 17.2. The first-order valence-electron chi connectivity index (χ1n) is 12.7. The zero-order valence-electron chi connectivity index (χ0n) is 20.7. The van der Waals surface area contributed by atoms with Crippen LogP contribution in [0.2, 0.25) is 10.0 Å². The van der Waals surface area contributed by atoms with Crippen LogP contribution in [0.1, 0.15) is 43.5 Å². The maximum atomic E-state index is 13.2. The molecule has 1 unspecified atom stereocenters. The van der Waals surface area contributed by atoms with Gasteiger partial charge in [0.05, 0.1) is 30.2 Å². The molecule has 194 valence electrons. The van der Waals surface area contributed by atoms with Crippen molar-refractivity contribution in [2.75, 3.05) is 37.7 Å². The number of nitriles is 1. The minimum Gasteiger partial charge on any atom is -0.394 e. The maximum Gasteiger partial charge on any atom is 0.240 e. The van der Waals surface area contributed by atoms with Crippen LogP contribution in [0.4, 0.5) is 5.69 Å². The first-order valence-corrected chi connectivity index (χ1v) is 13.4. The number of nitrogens with zero attached hydrogens (tertiary/aromatic N) is 5. The van der Waals surface area contributed by atoms with Crippen molar-refractivity contribution in [1.82, 2.24) is 20.0 Å². The Morgan fingerprint density at radius 2 is 2.08 bits per heavy atom. The van der Waals surface area contributed by atoms with E-state index in [1.807, 2.05) is 40.8 Å². The van der Waals surface area contributed by atoms with Gasteiger partial charge in [0.25, 0.3) is 0 Å². The van der Waals surface area contributed by atoms with Crippen LogP contribution in [-0.4, -0.2) is 70.6 Å². The summed E-state index contributed by atoms with van der Waals surface area (Å²) in [6, 6.07) is 12.8. The minimum absolute atomic E-state index is 0.0826. The molecule has 1 amide bonds. The van der Waals surface area contributed by atoms with Crippen molar-refractivity contribution < 1.29 is 9.90 Å². The molecular weight excluding hydrogens is 511 g/mol. The number of carbonyl (C=O) groups excluding carboxylic acids is 1. The molecule has 2 N–H and O–H groups in total. The summed E-state index contributed by atoms with van der Waals surface area (Å²) in [5.41, 5.74) is 2.98. The number of hydrogen-bond donors (Lipinski definition) is 2. The van der Waals surface area contributed by atoms with Crippen LogP contribution in [-0.2, 0) is 4.79 Å². The SMILES string of the molecule is C[C@H](c1ccc(Cl)cc1Cl)n1nc(C#N)c2ccc(N3CCN(C(=O)C4CCCCN4)[C@H](CO)C3)cc21. The van der Waals surface area contributed by atoms with Crippen molar-refractivity contribution in [1.29, 1.82) is 5.26 Å². The van der Waals surface area contributed by atoms with Crippen LogP contribution in [0.15, 0.2) is 36.4 Å². The summed E-state index contributed by atoms with van der Waals surface area (Å²) in [5.74, 6) is 0.0826. The number of aliphatic hydroxyl groups is 1. The molecule has 1 aromatic heterocycles. The Morgan fingerprint density at radius 1 is 1.24 bits per heavy atom. The monoisotopic (exact) mass is 540 g/mol. The van der Waals surface area contributed by atoms with Gasteiger partial charge >= 0.3 is 0 Å². The molecule has 3 heterocycles. The molecule has 2 aromatic carbocycles. The Hall–Kier alpha value is -2.83. The molecule has 0 aliphatic carbocycles.